The van der Waals surface area contributed by atoms with Gasteiger partial charge < -0.3 is 23.7 Å². The Morgan fingerprint density at radius 2 is 1.45 bits per heavy atom. The van der Waals surface area contributed by atoms with Gasteiger partial charge in [-0.2, -0.15) is 0 Å². The quantitative estimate of drug-likeness (QED) is 0.165. The molecular weight excluding hydrogens is 490 g/mol. The van der Waals surface area contributed by atoms with E-state index < -0.39 is 42.6 Å². The monoisotopic (exact) mass is 517 g/mol. The number of nitrogens with zero attached hydrogens (tertiary/aromatic N) is 3. The molecular formula is C28H27N3O7. The summed E-state index contributed by atoms with van der Waals surface area (Å²) in [5.41, 5.74) is 10.9. The maximum Gasteiger partial charge on any atom is 0.338 e. The van der Waals surface area contributed by atoms with Crippen LogP contribution in [0.25, 0.3) is 10.4 Å². The highest BCUT2D eigenvalue weighted by molar-refractivity contribution is 5.89. The normalized spacial score (nSPS) is 22.6. The van der Waals surface area contributed by atoms with E-state index in [0.29, 0.717) is 11.1 Å². The van der Waals surface area contributed by atoms with E-state index in [1.807, 2.05) is 30.3 Å². The largest absolute Gasteiger partial charge is 0.459 e. The van der Waals surface area contributed by atoms with Gasteiger partial charge in [0.1, 0.15) is 18.8 Å². The zero-order valence-corrected chi connectivity index (χ0v) is 20.7. The van der Waals surface area contributed by atoms with E-state index in [1.165, 1.54) is 7.11 Å². The molecule has 3 aromatic rings. The molecule has 0 bridgehead atoms. The summed E-state index contributed by atoms with van der Waals surface area (Å²) >= 11 is 0. The number of azide groups is 1. The summed E-state index contributed by atoms with van der Waals surface area (Å²) in [6, 6.07) is 25.3. The number of rotatable bonds is 10. The Kier molecular flexibility index (Phi) is 9.44. The number of methoxy groups -OCH3 is 1. The van der Waals surface area contributed by atoms with Crippen molar-refractivity contribution in [3.05, 3.63) is 118 Å². The van der Waals surface area contributed by atoms with Gasteiger partial charge in [0.2, 0.25) is 0 Å². The average molecular weight is 518 g/mol. The molecule has 4 rings (SSSR count). The first kappa shape index (κ1) is 26.8. The first-order valence-corrected chi connectivity index (χ1v) is 12.0. The molecule has 1 fully saturated rings. The molecule has 0 aromatic heterocycles. The first-order chi connectivity index (χ1) is 18.6. The highest BCUT2D eigenvalue weighted by Gasteiger charge is 2.49. The van der Waals surface area contributed by atoms with Gasteiger partial charge in [-0.05, 0) is 35.4 Å². The van der Waals surface area contributed by atoms with Crippen LogP contribution in [-0.4, -0.2) is 56.3 Å². The van der Waals surface area contributed by atoms with Crippen LogP contribution in [0.15, 0.2) is 96.1 Å². The lowest BCUT2D eigenvalue weighted by Crippen LogP contribution is -2.60. The van der Waals surface area contributed by atoms with Crippen molar-refractivity contribution < 1.29 is 33.3 Å². The number of carbonyl (C=O) groups excluding carboxylic acids is 2. The Balaban J connectivity index is 1.59. The molecule has 1 aliphatic heterocycles. The molecule has 10 nitrogen and oxygen atoms in total. The zero-order valence-electron chi connectivity index (χ0n) is 20.7. The molecule has 1 aliphatic rings. The summed E-state index contributed by atoms with van der Waals surface area (Å²) in [6.45, 7) is -0.114. The number of carbonyl (C=O) groups is 2. The summed E-state index contributed by atoms with van der Waals surface area (Å²) in [7, 11) is 1.39. The number of ether oxygens (including phenoxy) is 5. The second-order valence-electron chi connectivity index (χ2n) is 8.44. The van der Waals surface area contributed by atoms with Crippen LogP contribution in [0.2, 0.25) is 0 Å². The summed E-state index contributed by atoms with van der Waals surface area (Å²) in [5.74, 6) is -1.19. The molecule has 10 heteroatoms. The SMILES string of the molecule is CO[C@H]1O[C@H](COC(=O)c2ccccc2)[C@@H](N=[N+]=[N-])[C@H](OCc2ccccc2)[C@H]1OC(=O)c1ccccc1. The third-order valence-corrected chi connectivity index (χ3v) is 5.96. The van der Waals surface area contributed by atoms with E-state index in [4.69, 9.17) is 23.7 Å². The summed E-state index contributed by atoms with van der Waals surface area (Å²) in [5, 5.41) is 3.90. The van der Waals surface area contributed by atoms with Crippen molar-refractivity contribution in [3.63, 3.8) is 0 Å². The summed E-state index contributed by atoms with van der Waals surface area (Å²) in [4.78, 5) is 28.5. The number of benzene rings is 3. The van der Waals surface area contributed by atoms with Crippen LogP contribution < -0.4 is 0 Å². The van der Waals surface area contributed by atoms with Gasteiger partial charge in [-0.25, -0.2) is 9.59 Å². The van der Waals surface area contributed by atoms with Crippen LogP contribution in [0.3, 0.4) is 0 Å². The fraction of sp³-hybridized carbons (Fsp3) is 0.286. The molecule has 1 saturated heterocycles. The minimum absolute atomic E-state index is 0.134. The zero-order chi connectivity index (χ0) is 26.7. The van der Waals surface area contributed by atoms with Gasteiger partial charge in [0.15, 0.2) is 12.4 Å². The predicted octanol–water partition coefficient (Wildman–Crippen LogP) is 4.70. The van der Waals surface area contributed by atoms with Crippen molar-refractivity contribution in [2.24, 2.45) is 5.11 Å². The van der Waals surface area contributed by atoms with Gasteiger partial charge in [0, 0.05) is 12.0 Å². The van der Waals surface area contributed by atoms with Gasteiger partial charge in [-0.15, -0.1) is 0 Å². The molecule has 0 spiro atoms. The number of esters is 2. The van der Waals surface area contributed by atoms with Gasteiger partial charge in [-0.1, -0.05) is 71.8 Å². The van der Waals surface area contributed by atoms with Crippen molar-refractivity contribution in [2.45, 2.75) is 37.3 Å². The van der Waals surface area contributed by atoms with Crippen molar-refractivity contribution in [1.82, 2.24) is 0 Å². The summed E-state index contributed by atoms with van der Waals surface area (Å²) in [6.07, 6.45) is -4.09. The Labute approximate surface area is 219 Å². The molecule has 196 valence electrons. The second kappa shape index (κ2) is 13.4. The van der Waals surface area contributed by atoms with E-state index in [-0.39, 0.29) is 13.2 Å². The molecule has 0 amide bonds. The molecule has 5 atom stereocenters. The average Bonchev–Trinajstić information content (AvgIpc) is 2.97. The highest BCUT2D eigenvalue weighted by atomic mass is 16.7. The van der Waals surface area contributed by atoms with Crippen molar-refractivity contribution in [1.29, 1.82) is 0 Å². The van der Waals surface area contributed by atoms with Gasteiger partial charge >= 0.3 is 11.9 Å². The topological polar surface area (TPSA) is 129 Å². The second-order valence-corrected chi connectivity index (χ2v) is 8.44. The fourth-order valence-electron chi connectivity index (χ4n) is 4.08. The van der Waals surface area contributed by atoms with Crippen molar-refractivity contribution >= 4 is 11.9 Å². The first-order valence-electron chi connectivity index (χ1n) is 12.0. The van der Waals surface area contributed by atoms with Gasteiger partial charge in [0.05, 0.1) is 23.8 Å². The fourth-order valence-corrected chi connectivity index (χ4v) is 4.08. The van der Waals surface area contributed by atoms with Gasteiger partial charge in [0.25, 0.3) is 0 Å². The lowest BCUT2D eigenvalue weighted by atomic mass is 9.96. The maximum atomic E-state index is 13.0. The Morgan fingerprint density at radius 3 is 2.03 bits per heavy atom. The van der Waals surface area contributed by atoms with Crippen LogP contribution in [0, 0.1) is 0 Å². The Hall–Kier alpha value is -4.21. The third-order valence-electron chi connectivity index (χ3n) is 5.96. The van der Waals surface area contributed by atoms with Crippen molar-refractivity contribution in [2.75, 3.05) is 13.7 Å². The molecule has 0 N–H and O–H groups in total. The van der Waals surface area contributed by atoms with Gasteiger partial charge in [-0.3, -0.25) is 0 Å². The van der Waals surface area contributed by atoms with Crippen LogP contribution >= 0.6 is 0 Å². The van der Waals surface area contributed by atoms with Crippen molar-refractivity contribution in [3.8, 4) is 0 Å². The van der Waals surface area contributed by atoms with Crippen LogP contribution in [0.5, 0.6) is 0 Å². The van der Waals surface area contributed by atoms with E-state index in [9.17, 15) is 15.1 Å². The van der Waals surface area contributed by atoms with E-state index in [0.717, 1.165) is 5.56 Å². The Morgan fingerprint density at radius 1 is 0.868 bits per heavy atom. The standard InChI is InChI=1S/C28H27N3O7/c1-34-28-25(38-27(33)21-15-9-4-10-16-21)24(35-17-19-11-5-2-6-12-19)23(30-31-29)22(37-28)18-36-26(32)20-13-7-3-8-14-20/h2-16,22-25,28H,17-18H2,1H3/t22-,23-,24+,25-,28+/m1/s1. The molecule has 0 unspecified atom stereocenters. The van der Waals surface area contributed by atoms with E-state index in [2.05, 4.69) is 10.0 Å². The number of hydrogen-bond acceptors (Lipinski definition) is 8. The lowest BCUT2D eigenvalue weighted by Gasteiger charge is -2.43. The lowest BCUT2D eigenvalue weighted by molar-refractivity contribution is -0.276. The smallest absolute Gasteiger partial charge is 0.338 e. The van der Waals surface area contributed by atoms with E-state index >= 15 is 0 Å². The predicted molar refractivity (Wildman–Crippen MR) is 136 cm³/mol. The molecule has 0 aliphatic carbocycles. The minimum atomic E-state index is -1.09. The van der Waals surface area contributed by atoms with Crippen LogP contribution in [-0.2, 0) is 30.3 Å². The Bertz CT molecular complexity index is 1240. The molecule has 1 heterocycles. The van der Waals surface area contributed by atoms with Crippen LogP contribution in [0.1, 0.15) is 26.3 Å². The van der Waals surface area contributed by atoms with E-state index in [1.54, 1.807) is 60.7 Å². The molecule has 38 heavy (non-hydrogen) atoms. The maximum absolute atomic E-state index is 13.0. The molecule has 0 radical (unpaired) electrons. The van der Waals surface area contributed by atoms with Crippen LogP contribution in [0.4, 0.5) is 0 Å². The highest BCUT2D eigenvalue weighted by Crippen LogP contribution is 2.30. The molecule has 3 aromatic carbocycles. The minimum Gasteiger partial charge on any atom is -0.459 e. The third kappa shape index (κ3) is 6.76. The number of hydrogen-bond donors (Lipinski definition) is 0. The molecule has 0 saturated carbocycles. The summed E-state index contributed by atoms with van der Waals surface area (Å²) < 4.78 is 29.0.